The average molecular weight is 850 g/mol. The number of aliphatic hydroxyl groups excluding tert-OH is 2. The number of hydrogen-bond donors (Lipinski definition) is 4. The van der Waals surface area contributed by atoms with Crippen LogP contribution in [0.15, 0.2) is 42.6 Å². The van der Waals surface area contributed by atoms with Gasteiger partial charge in [-0.2, -0.15) is 5.10 Å². The molecule has 4 N–H and O–H groups in total. The molecule has 61 heavy (non-hydrogen) atoms. The topological polar surface area (TPSA) is 175 Å². The van der Waals surface area contributed by atoms with Crippen LogP contribution in [-0.2, 0) is 17.7 Å². The lowest BCUT2D eigenvalue weighted by Gasteiger charge is -2.69. The molecule has 5 aliphatic rings. The fourth-order valence-electron chi connectivity index (χ4n) is 12.6. The van der Waals surface area contributed by atoms with Gasteiger partial charge >= 0.3 is 5.97 Å². The molecular weight excluding hydrogens is 791 g/mol. The van der Waals surface area contributed by atoms with Gasteiger partial charge in [0.1, 0.15) is 5.82 Å². The first-order valence-corrected chi connectivity index (χ1v) is 22.8. The van der Waals surface area contributed by atoms with Crippen molar-refractivity contribution in [2.24, 2.45) is 16.2 Å². The summed E-state index contributed by atoms with van der Waals surface area (Å²) in [7, 11) is 0. The SMILES string of the molecule is Cc1c(Nc2nc3ccccc3s2)nnc2c1CCCN2c1ccc(-c2cnn(CC34CC5(C)CC(C)(C3)CC(OCCN(CCCO)CCCO)(C5)C4)c2C)c(C(=O)O)n1. The molecule has 10 rings (SSSR count). The van der Waals surface area contributed by atoms with Gasteiger partial charge in [-0.15, -0.1) is 10.2 Å². The first-order valence-electron chi connectivity index (χ1n) is 21.9. The summed E-state index contributed by atoms with van der Waals surface area (Å²) >= 11 is 1.57. The molecule has 14 nitrogen and oxygen atoms in total. The van der Waals surface area contributed by atoms with Crippen LogP contribution in [0.3, 0.4) is 0 Å². The summed E-state index contributed by atoms with van der Waals surface area (Å²) in [5.74, 6) is 0.789. The summed E-state index contributed by atoms with van der Waals surface area (Å²) in [6.45, 7) is 13.7. The Labute approximate surface area is 361 Å². The molecule has 4 aromatic heterocycles. The molecule has 15 heteroatoms. The molecule has 4 aliphatic carbocycles. The van der Waals surface area contributed by atoms with Crippen molar-refractivity contribution in [2.75, 3.05) is 56.2 Å². The first kappa shape index (κ1) is 41.8. The van der Waals surface area contributed by atoms with Crippen molar-refractivity contribution in [3.8, 4) is 11.1 Å². The van der Waals surface area contributed by atoms with Crippen molar-refractivity contribution in [3.05, 3.63) is 65.1 Å². The van der Waals surface area contributed by atoms with Crippen LogP contribution in [0.4, 0.5) is 22.6 Å². The van der Waals surface area contributed by atoms with E-state index in [4.69, 9.17) is 19.8 Å². The number of thiazole rings is 1. The van der Waals surface area contributed by atoms with Crippen molar-refractivity contribution in [1.82, 2.24) is 34.8 Å². The lowest BCUT2D eigenvalue weighted by atomic mass is 9.39. The highest BCUT2D eigenvalue weighted by Gasteiger charge is 2.66. The van der Waals surface area contributed by atoms with E-state index in [0.717, 1.165) is 109 Å². The Hall–Kier alpha value is -4.54. The predicted molar refractivity (Wildman–Crippen MR) is 237 cm³/mol. The Kier molecular flexibility index (Phi) is 11.2. The van der Waals surface area contributed by atoms with Gasteiger partial charge in [0.15, 0.2) is 22.5 Å². The normalized spacial score (nSPS) is 25.5. The number of carboxylic acid groups (broad SMARTS) is 1. The van der Waals surface area contributed by atoms with E-state index in [2.05, 4.69) is 45.0 Å². The highest BCUT2D eigenvalue weighted by molar-refractivity contribution is 7.22. The second-order valence-corrected chi connectivity index (χ2v) is 20.3. The van der Waals surface area contributed by atoms with E-state index in [0.29, 0.717) is 49.0 Å². The van der Waals surface area contributed by atoms with Crippen LogP contribution in [0.5, 0.6) is 0 Å². The van der Waals surface area contributed by atoms with Gasteiger partial charge in [-0.05, 0) is 119 Å². The average Bonchev–Trinajstić information content (AvgIpc) is 3.79. The maximum absolute atomic E-state index is 13.0. The predicted octanol–water partition coefficient (Wildman–Crippen LogP) is 7.69. The van der Waals surface area contributed by atoms with Crippen LogP contribution in [-0.4, -0.2) is 108 Å². The van der Waals surface area contributed by atoms with Crippen molar-refractivity contribution in [2.45, 2.75) is 104 Å². The minimum atomic E-state index is -1.09. The maximum Gasteiger partial charge on any atom is 0.355 e. The van der Waals surface area contributed by atoms with Crippen LogP contribution in [0, 0.1) is 30.1 Å². The number of anilines is 4. The van der Waals surface area contributed by atoms with E-state index in [-0.39, 0.29) is 40.8 Å². The highest BCUT2D eigenvalue weighted by atomic mass is 32.1. The van der Waals surface area contributed by atoms with E-state index in [1.807, 2.05) is 55.3 Å². The number of fused-ring (bicyclic) bond motifs is 2. The Morgan fingerprint density at radius 3 is 2.39 bits per heavy atom. The zero-order chi connectivity index (χ0) is 42.6. The van der Waals surface area contributed by atoms with Crippen LogP contribution in [0.25, 0.3) is 21.3 Å². The number of aromatic nitrogens is 6. The minimum Gasteiger partial charge on any atom is -0.476 e. The van der Waals surface area contributed by atoms with Crippen LogP contribution < -0.4 is 10.2 Å². The van der Waals surface area contributed by atoms with Gasteiger partial charge < -0.3 is 35.2 Å². The van der Waals surface area contributed by atoms with E-state index < -0.39 is 5.97 Å². The largest absolute Gasteiger partial charge is 0.476 e. The van der Waals surface area contributed by atoms with E-state index in [1.165, 1.54) is 6.42 Å². The summed E-state index contributed by atoms with van der Waals surface area (Å²) in [6.07, 6.45) is 11.4. The van der Waals surface area contributed by atoms with Gasteiger partial charge in [0.2, 0.25) is 0 Å². The standard InChI is InChI=1S/C46H59N9O5S/c1-30-32-10-7-17-54(40(32)52-51-39(30)50-42-48-35-11-5-6-12-36(35)61-42)37-14-13-33(38(49-37)41(58)59)34-22-47-55(31(34)2)29-45-24-43(3)23-44(4,25-45)27-46(26-43,28-45)60-21-18-53(15-8-19-56)16-9-20-57/h5-6,11-14,22,56-57H,7-10,15-21,23-29H2,1-4H3,(H,58,59)(H,48,50,51). The minimum absolute atomic E-state index is 0.00208. The lowest BCUT2D eigenvalue weighted by molar-refractivity contribution is -0.248. The smallest absolute Gasteiger partial charge is 0.355 e. The summed E-state index contributed by atoms with van der Waals surface area (Å²) < 4.78 is 10.2. The Bertz CT molecular complexity index is 2370. The molecule has 0 radical (unpaired) electrons. The zero-order valence-corrected chi connectivity index (χ0v) is 36.7. The molecule has 4 fully saturated rings. The summed E-state index contributed by atoms with van der Waals surface area (Å²) in [5.41, 5.74) is 5.35. The van der Waals surface area contributed by atoms with Gasteiger partial charge in [0.25, 0.3) is 0 Å². The number of aliphatic hydroxyl groups is 2. The molecule has 0 saturated heterocycles. The Balaban J connectivity index is 0.945. The fraction of sp³-hybridized carbons (Fsp3) is 0.565. The molecular formula is C46H59N9O5S. The van der Waals surface area contributed by atoms with Crippen LogP contribution in [0.2, 0.25) is 0 Å². The third-order valence-corrected chi connectivity index (χ3v) is 14.8. The molecule has 0 amide bonds. The van der Waals surface area contributed by atoms with Crippen molar-refractivity contribution in [1.29, 1.82) is 0 Å². The summed E-state index contributed by atoms with van der Waals surface area (Å²) in [6, 6.07) is 11.8. The molecule has 1 aliphatic heterocycles. The number of carbonyl (C=O) groups is 1. The second kappa shape index (κ2) is 16.3. The van der Waals surface area contributed by atoms with Crippen molar-refractivity contribution in [3.63, 3.8) is 0 Å². The number of pyridine rings is 1. The molecule has 4 bridgehead atoms. The summed E-state index contributed by atoms with van der Waals surface area (Å²) in [4.78, 5) is 26.8. The van der Waals surface area contributed by atoms with Gasteiger partial charge in [0.05, 0.1) is 28.6 Å². The number of hydrogen-bond acceptors (Lipinski definition) is 13. The third kappa shape index (κ3) is 8.15. The third-order valence-electron chi connectivity index (χ3n) is 13.9. The molecule has 2 atom stereocenters. The number of ether oxygens (including phenoxy) is 1. The molecule has 324 valence electrons. The Morgan fingerprint density at radius 1 is 0.918 bits per heavy atom. The van der Waals surface area contributed by atoms with E-state index in [9.17, 15) is 20.1 Å². The molecule has 0 spiro atoms. The number of carboxylic acids is 1. The number of nitrogens with one attached hydrogen (secondary N) is 1. The maximum atomic E-state index is 13.0. The number of para-hydroxylation sites is 1. The molecule has 5 aromatic rings. The van der Waals surface area contributed by atoms with Gasteiger partial charge in [-0.25, -0.2) is 14.8 Å². The molecule has 5 heterocycles. The van der Waals surface area contributed by atoms with Gasteiger partial charge in [0, 0.05) is 73.9 Å². The number of nitrogens with zero attached hydrogens (tertiary/aromatic N) is 8. The monoisotopic (exact) mass is 849 g/mol. The van der Waals surface area contributed by atoms with Crippen LogP contribution >= 0.6 is 11.3 Å². The lowest BCUT2D eigenvalue weighted by Crippen LogP contribution is -2.64. The quantitative estimate of drug-likeness (QED) is 0.0718. The molecule has 2 unspecified atom stereocenters. The number of rotatable bonds is 17. The van der Waals surface area contributed by atoms with Gasteiger partial charge in [-0.1, -0.05) is 37.3 Å². The molecule has 4 saturated carbocycles. The molecule has 1 aromatic carbocycles. The number of benzene rings is 1. The van der Waals surface area contributed by atoms with Crippen LogP contribution in [0.1, 0.15) is 98.9 Å². The van der Waals surface area contributed by atoms with Gasteiger partial charge in [-0.3, -0.25) is 4.68 Å². The Morgan fingerprint density at radius 2 is 1.67 bits per heavy atom. The van der Waals surface area contributed by atoms with Crippen molar-refractivity contribution < 1.29 is 24.9 Å². The second-order valence-electron chi connectivity index (χ2n) is 19.2. The number of aromatic carboxylic acids is 1. The highest BCUT2D eigenvalue weighted by Crippen LogP contribution is 2.72. The van der Waals surface area contributed by atoms with Crippen molar-refractivity contribution >= 4 is 50.1 Å². The van der Waals surface area contributed by atoms with E-state index >= 15 is 0 Å². The fourth-order valence-corrected chi connectivity index (χ4v) is 13.4. The van der Waals surface area contributed by atoms with E-state index in [1.54, 1.807) is 11.3 Å². The summed E-state index contributed by atoms with van der Waals surface area (Å²) in [5, 5.41) is 47.9. The zero-order valence-electron chi connectivity index (χ0n) is 35.9. The first-order chi connectivity index (χ1) is 29.3.